The Labute approximate surface area is 110 Å². The SMILES string of the molecule is Cc1cc(C)nc(Sc2ccc(C(=N)N)nc2)c1. The van der Waals surface area contributed by atoms with E-state index in [-0.39, 0.29) is 5.84 Å². The van der Waals surface area contributed by atoms with Crippen molar-refractivity contribution in [2.45, 2.75) is 23.8 Å². The molecule has 0 saturated heterocycles. The molecule has 3 N–H and O–H groups in total. The standard InChI is InChI=1S/C13H14N4S/c1-8-5-9(2)17-12(6-8)18-10-3-4-11(13(14)15)16-7-10/h3-7H,1-2H3,(H3,14,15). The van der Waals surface area contributed by atoms with Crippen molar-refractivity contribution < 1.29 is 0 Å². The summed E-state index contributed by atoms with van der Waals surface area (Å²) in [5.41, 5.74) is 8.05. The van der Waals surface area contributed by atoms with Crippen LogP contribution in [0.15, 0.2) is 40.4 Å². The molecule has 2 aromatic heterocycles. The highest BCUT2D eigenvalue weighted by Gasteiger charge is 2.03. The minimum Gasteiger partial charge on any atom is -0.382 e. The fourth-order valence-electron chi connectivity index (χ4n) is 1.58. The van der Waals surface area contributed by atoms with E-state index in [1.807, 2.05) is 25.1 Å². The van der Waals surface area contributed by atoms with Gasteiger partial charge >= 0.3 is 0 Å². The van der Waals surface area contributed by atoms with E-state index in [2.05, 4.69) is 16.9 Å². The summed E-state index contributed by atoms with van der Waals surface area (Å²) in [5.74, 6) is -0.0175. The van der Waals surface area contributed by atoms with Gasteiger partial charge in [0, 0.05) is 16.8 Å². The second-order valence-electron chi connectivity index (χ2n) is 4.02. The zero-order valence-corrected chi connectivity index (χ0v) is 11.1. The first-order valence-corrected chi connectivity index (χ1v) is 6.30. The van der Waals surface area contributed by atoms with Gasteiger partial charge in [0.1, 0.15) is 16.6 Å². The van der Waals surface area contributed by atoms with Gasteiger partial charge in [-0.05, 0) is 43.7 Å². The summed E-state index contributed by atoms with van der Waals surface area (Å²) in [6, 6.07) is 7.72. The second-order valence-corrected chi connectivity index (χ2v) is 5.11. The maximum absolute atomic E-state index is 7.28. The van der Waals surface area contributed by atoms with E-state index in [1.165, 1.54) is 5.56 Å². The Morgan fingerprint density at radius 2 is 2.06 bits per heavy atom. The Bertz CT molecular complexity index is 558. The van der Waals surface area contributed by atoms with Gasteiger partial charge in [-0.3, -0.25) is 10.4 Å². The van der Waals surface area contributed by atoms with Crippen LogP contribution in [-0.4, -0.2) is 15.8 Å². The molecule has 0 bridgehead atoms. The van der Waals surface area contributed by atoms with Gasteiger partial charge in [-0.1, -0.05) is 11.8 Å². The molecular formula is C13H14N4S. The van der Waals surface area contributed by atoms with Crippen LogP contribution in [0.4, 0.5) is 0 Å². The van der Waals surface area contributed by atoms with Gasteiger partial charge in [-0.2, -0.15) is 0 Å². The fourth-order valence-corrected chi connectivity index (χ4v) is 2.49. The first-order chi connectivity index (χ1) is 8.54. The van der Waals surface area contributed by atoms with Crippen LogP contribution in [0.25, 0.3) is 0 Å². The Balaban J connectivity index is 2.20. The van der Waals surface area contributed by atoms with Gasteiger partial charge in [0.25, 0.3) is 0 Å². The molecule has 0 fully saturated rings. The zero-order chi connectivity index (χ0) is 13.1. The third-order valence-electron chi connectivity index (χ3n) is 2.31. The van der Waals surface area contributed by atoms with Crippen molar-refractivity contribution >= 4 is 17.6 Å². The lowest BCUT2D eigenvalue weighted by molar-refractivity contribution is 1.04. The van der Waals surface area contributed by atoms with E-state index in [4.69, 9.17) is 11.1 Å². The minimum absolute atomic E-state index is 0.0175. The number of aryl methyl sites for hydroxylation is 2. The summed E-state index contributed by atoms with van der Waals surface area (Å²) in [6.45, 7) is 4.03. The largest absolute Gasteiger partial charge is 0.382 e. The summed E-state index contributed by atoms with van der Waals surface area (Å²) in [5, 5.41) is 8.23. The lowest BCUT2D eigenvalue weighted by Gasteiger charge is -2.04. The van der Waals surface area contributed by atoms with E-state index in [0.717, 1.165) is 15.6 Å². The lowest BCUT2D eigenvalue weighted by atomic mass is 10.3. The van der Waals surface area contributed by atoms with Crippen molar-refractivity contribution in [3.63, 3.8) is 0 Å². The number of nitrogens with two attached hydrogens (primary N) is 1. The number of pyridine rings is 2. The Kier molecular flexibility index (Phi) is 3.62. The highest BCUT2D eigenvalue weighted by molar-refractivity contribution is 7.99. The number of aromatic nitrogens is 2. The highest BCUT2D eigenvalue weighted by atomic mass is 32.2. The summed E-state index contributed by atoms with van der Waals surface area (Å²) >= 11 is 1.55. The molecule has 0 saturated carbocycles. The molecule has 0 amide bonds. The highest BCUT2D eigenvalue weighted by Crippen LogP contribution is 2.26. The van der Waals surface area contributed by atoms with Gasteiger partial charge in [-0.15, -0.1) is 0 Å². The number of hydrogen-bond acceptors (Lipinski definition) is 4. The molecule has 2 rings (SSSR count). The molecule has 18 heavy (non-hydrogen) atoms. The minimum atomic E-state index is -0.0175. The summed E-state index contributed by atoms with van der Waals surface area (Å²) in [7, 11) is 0. The average Bonchev–Trinajstić information content (AvgIpc) is 2.28. The van der Waals surface area contributed by atoms with Gasteiger partial charge in [0.05, 0.1) is 0 Å². The van der Waals surface area contributed by atoms with E-state index < -0.39 is 0 Å². The van der Waals surface area contributed by atoms with Crippen molar-refractivity contribution in [2.75, 3.05) is 0 Å². The molecule has 0 spiro atoms. The number of nitrogens with one attached hydrogen (secondary N) is 1. The van der Waals surface area contributed by atoms with Crippen molar-refractivity contribution in [3.05, 3.63) is 47.4 Å². The zero-order valence-electron chi connectivity index (χ0n) is 10.3. The molecule has 5 heteroatoms. The summed E-state index contributed by atoms with van der Waals surface area (Å²) in [6.07, 6.45) is 1.71. The number of amidine groups is 1. The van der Waals surface area contributed by atoms with Gasteiger partial charge in [-0.25, -0.2) is 4.98 Å². The predicted molar refractivity (Wildman–Crippen MR) is 73.1 cm³/mol. The van der Waals surface area contributed by atoms with Crippen LogP contribution in [0.5, 0.6) is 0 Å². The van der Waals surface area contributed by atoms with Gasteiger partial charge in [0.2, 0.25) is 0 Å². The van der Waals surface area contributed by atoms with Crippen LogP contribution in [-0.2, 0) is 0 Å². The van der Waals surface area contributed by atoms with Crippen molar-refractivity contribution in [2.24, 2.45) is 5.73 Å². The second kappa shape index (κ2) is 5.18. The van der Waals surface area contributed by atoms with E-state index in [1.54, 1.807) is 24.0 Å². The first-order valence-electron chi connectivity index (χ1n) is 5.48. The maximum atomic E-state index is 7.28. The predicted octanol–water partition coefficient (Wildman–Crippen LogP) is 2.53. The smallest absolute Gasteiger partial charge is 0.141 e. The molecule has 4 nitrogen and oxygen atoms in total. The molecule has 2 aromatic rings. The molecule has 0 aliphatic heterocycles. The molecule has 2 heterocycles. The van der Waals surface area contributed by atoms with Crippen LogP contribution in [0.3, 0.4) is 0 Å². The molecule has 0 aliphatic carbocycles. The summed E-state index contributed by atoms with van der Waals surface area (Å²) < 4.78 is 0. The Hall–Kier alpha value is -1.88. The quantitative estimate of drug-likeness (QED) is 0.655. The first kappa shape index (κ1) is 12.6. The maximum Gasteiger partial charge on any atom is 0.141 e. The molecule has 92 valence electrons. The number of nitrogen functional groups attached to an aromatic ring is 1. The monoisotopic (exact) mass is 258 g/mol. The van der Waals surface area contributed by atoms with Crippen LogP contribution in [0, 0.1) is 19.3 Å². The molecule has 0 unspecified atom stereocenters. The van der Waals surface area contributed by atoms with Crippen molar-refractivity contribution in [1.82, 2.24) is 9.97 Å². The number of hydrogen-bond donors (Lipinski definition) is 2. The van der Waals surface area contributed by atoms with E-state index >= 15 is 0 Å². The topological polar surface area (TPSA) is 75.7 Å². The fraction of sp³-hybridized carbons (Fsp3) is 0.154. The average molecular weight is 258 g/mol. The Morgan fingerprint density at radius 3 is 2.61 bits per heavy atom. The van der Waals surface area contributed by atoms with Crippen LogP contribution < -0.4 is 5.73 Å². The van der Waals surface area contributed by atoms with Crippen molar-refractivity contribution in [1.29, 1.82) is 5.41 Å². The normalized spacial score (nSPS) is 10.3. The number of nitrogens with zero attached hydrogens (tertiary/aromatic N) is 2. The molecule has 0 aromatic carbocycles. The van der Waals surface area contributed by atoms with E-state index in [9.17, 15) is 0 Å². The molecule has 0 radical (unpaired) electrons. The number of rotatable bonds is 3. The van der Waals surface area contributed by atoms with Crippen LogP contribution >= 0.6 is 11.8 Å². The van der Waals surface area contributed by atoms with E-state index in [0.29, 0.717) is 5.69 Å². The van der Waals surface area contributed by atoms with Gasteiger partial charge in [0.15, 0.2) is 0 Å². The Morgan fingerprint density at radius 1 is 1.28 bits per heavy atom. The van der Waals surface area contributed by atoms with Crippen molar-refractivity contribution in [3.8, 4) is 0 Å². The molecule has 0 aliphatic rings. The van der Waals surface area contributed by atoms with Crippen LogP contribution in [0.2, 0.25) is 0 Å². The summed E-state index contributed by atoms with van der Waals surface area (Å²) in [4.78, 5) is 9.56. The third kappa shape index (κ3) is 3.07. The lowest BCUT2D eigenvalue weighted by Crippen LogP contribution is -2.12. The molecule has 0 atom stereocenters. The molecular weight excluding hydrogens is 244 g/mol. The van der Waals surface area contributed by atoms with Crippen LogP contribution in [0.1, 0.15) is 17.0 Å². The third-order valence-corrected chi connectivity index (χ3v) is 3.20. The van der Waals surface area contributed by atoms with Gasteiger partial charge < -0.3 is 5.73 Å².